The van der Waals surface area contributed by atoms with Crippen LogP contribution >= 0.6 is 0 Å². The Labute approximate surface area is 184 Å². The number of carbonyl (C=O) groups excluding carboxylic acids is 1. The average Bonchev–Trinajstić information content (AvgIpc) is 3.47. The molecule has 2 saturated heterocycles. The van der Waals surface area contributed by atoms with Gasteiger partial charge in [-0.25, -0.2) is 9.48 Å². The summed E-state index contributed by atoms with van der Waals surface area (Å²) in [6, 6.07) is 10.4. The van der Waals surface area contributed by atoms with Crippen molar-refractivity contribution in [1.29, 1.82) is 0 Å². The predicted octanol–water partition coefficient (Wildman–Crippen LogP) is 4.82. The van der Waals surface area contributed by atoms with Gasteiger partial charge in [-0.2, -0.15) is 5.10 Å². The molecule has 2 aliphatic heterocycles. The summed E-state index contributed by atoms with van der Waals surface area (Å²) < 4.78 is 8.15. The van der Waals surface area contributed by atoms with Gasteiger partial charge in [-0.05, 0) is 50.5 Å². The molecule has 2 amide bonds. The van der Waals surface area contributed by atoms with Crippen LogP contribution < -0.4 is 4.74 Å². The number of benzene rings is 1. The fraction of sp³-hybridized carbons (Fsp3) is 0.440. The van der Waals surface area contributed by atoms with Crippen LogP contribution in [0.1, 0.15) is 43.9 Å². The van der Waals surface area contributed by atoms with E-state index in [4.69, 9.17) is 4.74 Å². The number of allylic oxidation sites excluding steroid dienone is 3. The second kappa shape index (κ2) is 9.41. The van der Waals surface area contributed by atoms with Crippen molar-refractivity contribution >= 4 is 17.3 Å². The second-order valence-electron chi connectivity index (χ2n) is 8.39. The third-order valence-electron chi connectivity index (χ3n) is 6.30. The molecule has 1 aromatic heterocycles. The number of nitrogens with zero attached hydrogens (tertiary/aromatic N) is 4. The zero-order valence-corrected chi connectivity index (χ0v) is 18.6. The maximum atomic E-state index is 12.5. The molecule has 3 heterocycles. The van der Waals surface area contributed by atoms with Crippen molar-refractivity contribution in [3.05, 3.63) is 60.4 Å². The molecule has 4 rings (SSSR count). The Balaban J connectivity index is 1.36. The van der Waals surface area contributed by atoms with Crippen molar-refractivity contribution < 1.29 is 9.53 Å². The molecule has 2 fully saturated rings. The number of aryl methyl sites for hydroxylation is 1. The number of carbonyl (C=O) groups is 1. The minimum atomic E-state index is 0.149. The van der Waals surface area contributed by atoms with Gasteiger partial charge in [0.05, 0.1) is 0 Å². The minimum absolute atomic E-state index is 0.149. The number of piperidine rings is 1. The lowest BCUT2D eigenvalue weighted by molar-refractivity contribution is 0.0982. The number of amides is 2. The molecule has 0 N–H and O–H groups in total. The van der Waals surface area contributed by atoms with Gasteiger partial charge in [-0.1, -0.05) is 24.8 Å². The maximum absolute atomic E-state index is 12.5. The van der Waals surface area contributed by atoms with Crippen molar-refractivity contribution in [3.63, 3.8) is 0 Å². The zero-order chi connectivity index (χ0) is 21.8. The zero-order valence-electron chi connectivity index (χ0n) is 18.6. The number of hydrogen-bond donors (Lipinski definition) is 0. The van der Waals surface area contributed by atoms with Crippen LogP contribution in [0.15, 0.2) is 49.2 Å². The first-order valence-corrected chi connectivity index (χ1v) is 11.2. The molecule has 2 aliphatic rings. The Hall–Kier alpha value is -3.02. The summed E-state index contributed by atoms with van der Waals surface area (Å²) in [6.45, 7) is 11.4. The molecule has 0 saturated carbocycles. The molecule has 0 unspecified atom stereocenters. The summed E-state index contributed by atoms with van der Waals surface area (Å²) in [5.41, 5.74) is 4.26. The molecule has 0 atom stereocenters. The first-order valence-electron chi connectivity index (χ1n) is 11.2. The summed E-state index contributed by atoms with van der Waals surface area (Å²) >= 11 is 0. The molecular formula is C25H32N4O2. The Kier molecular flexibility index (Phi) is 6.44. The Morgan fingerprint density at radius 1 is 1.06 bits per heavy atom. The molecule has 0 bridgehead atoms. The molecule has 0 radical (unpaired) electrons. The van der Waals surface area contributed by atoms with Crippen LogP contribution in [0.2, 0.25) is 0 Å². The van der Waals surface area contributed by atoms with E-state index in [0.29, 0.717) is 0 Å². The lowest BCUT2D eigenvalue weighted by Gasteiger charge is -2.34. The summed E-state index contributed by atoms with van der Waals surface area (Å²) in [6.07, 6.45) is 7.83. The van der Waals surface area contributed by atoms with E-state index in [1.54, 1.807) is 6.20 Å². The van der Waals surface area contributed by atoms with Gasteiger partial charge >= 0.3 is 6.03 Å². The highest BCUT2D eigenvalue weighted by molar-refractivity contribution is 5.88. The molecule has 0 aliphatic carbocycles. The third kappa shape index (κ3) is 4.68. The van der Waals surface area contributed by atoms with E-state index in [-0.39, 0.29) is 12.1 Å². The highest BCUT2D eigenvalue weighted by Gasteiger charge is 2.28. The number of hydrogen-bond acceptors (Lipinski definition) is 3. The van der Waals surface area contributed by atoms with Crippen molar-refractivity contribution in [1.82, 2.24) is 19.6 Å². The Morgan fingerprint density at radius 3 is 2.29 bits per heavy atom. The molecule has 0 spiro atoms. The van der Waals surface area contributed by atoms with E-state index >= 15 is 0 Å². The van der Waals surface area contributed by atoms with Crippen LogP contribution in [0.4, 0.5) is 4.79 Å². The van der Waals surface area contributed by atoms with Crippen LogP contribution in [0.3, 0.4) is 0 Å². The lowest BCUT2D eigenvalue weighted by Crippen LogP contribution is -2.47. The topological polar surface area (TPSA) is 50.6 Å². The monoisotopic (exact) mass is 420 g/mol. The van der Waals surface area contributed by atoms with Crippen LogP contribution in [0.5, 0.6) is 5.75 Å². The number of ether oxygens (including phenoxy) is 1. The third-order valence-corrected chi connectivity index (χ3v) is 6.30. The Morgan fingerprint density at radius 2 is 1.71 bits per heavy atom. The van der Waals surface area contributed by atoms with Crippen molar-refractivity contribution in [2.45, 2.75) is 45.6 Å². The van der Waals surface area contributed by atoms with Crippen LogP contribution in [0.25, 0.3) is 11.3 Å². The van der Waals surface area contributed by atoms with E-state index in [1.165, 1.54) is 0 Å². The van der Waals surface area contributed by atoms with Gasteiger partial charge in [-0.3, -0.25) is 0 Å². The second-order valence-corrected chi connectivity index (χ2v) is 8.39. The van der Waals surface area contributed by atoms with E-state index in [2.05, 4.69) is 30.7 Å². The number of likely N-dealkylation sites (tertiary alicyclic amines) is 2. The van der Waals surface area contributed by atoms with Crippen molar-refractivity contribution in [2.24, 2.45) is 0 Å². The van der Waals surface area contributed by atoms with Gasteiger partial charge in [0.2, 0.25) is 0 Å². The van der Waals surface area contributed by atoms with Gasteiger partial charge in [0.25, 0.3) is 0 Å². The summed E-state index contributed by atoms with van der Waals surface area (Å²) in [5, 5.41) is 4.40. The lowest BCUT2D eigenvalue weighted by atomic mass is 10.0. The SMILES string of the molecule is C=C/C(=C(/C)n1nccc1C)c1ccc(OC2CCN(C(=O)N3CCCC3)CC2)cc1. The number of aromatic nitrogens is 2. The summed E-state index contributed by atoms with van der Waals surface area (Å²) in [7, 11) is 0. The molecular weight excluding hydrogens is 388 g/mol. The Bertz CT molecular complexity index is 946. The summed E-state index contributed by atoms with van der Waals surface area (Å²) in [4.78, 5) is 16.5. The van der Waals surface area contributed by atoms with E-state index in [1.807, 2.05) is 45.7 Å². The highest BCUT2D eigenvalue weighted by atomic mass is 16.5. The molecule has 31 heavy (non-hydrogen) atoms. The van der Waals surface area contributed by atoms with E-state index in [0.717, 1.165) is 80.1 Å². The fourth-order valence-corrected chi connectivity index (χ4v) is 4.49. The van der Waals surface area contributed by atoms with Crippen LogP contribution in [-0.2, 0) is 0 Å². The quantitative estimate of drug-likeness (QED) is 0.652. The van der Waals surface area contributed by atoms with Gasteiger partial charge in [0, 0.05) is 62.2 Å². The first-order chi connectivity index (χ1) is 15.1. The van der Waals surface area contributed by atoms with Gasteiger partial charge in [0.1, 0.15) is 11.9 Å². The predicted molar refractivity (Wildman–Crippen MR) is 124 cm³/mol. The van der Waals surface area contributed by atoms with Gasteiger partial charge in [0.15, 0.2) is 0 Å². The molecule has 6 heteroatoms. The first kappa shape index (κ1) is 21.2. The molecule has 164 valence electrons. The molecule has 6 nitrogen and oxygen atoms in total. The number of rotatable bonds is 5. The fourth-order valence-electron chi connectivity index (χ4n) is 4.49. The van der Waals surface area contributed by atoms with Crippen LogP contribution in [0, 0.1) is 6.92 Å². The van der Waals surface area contributed by atoms with Crippen molar-refractivity contribution in [3.8, 4) is 5.75 Å². The normalized spacial score (nSPS) is 18.1. The van der Waals surface area contributed by atoms with E-state index in [9.17, 15) is 4.79 Å². The van der Waals surface area contributed by atoms with Crippen molar-refractivity contribution in [2.75, 3.05) is 26.2 Å². The van der Waals surface area contributed by atoms with Gasteiger partial charge < -0.3 is 14.5 Å². The smallest absolute Gasteiger partial charge is 0.320 e. The molecule has 2 aromatic rings. The standard InChI is InChI=1S/C25H32N4O2/c1-4-24(20(3)29-19(2)11-14-26-29)21-7-9-22(10-8-21)31-23-12-17-28(18-13-23)25(30)27-15-5-6-16-27/h4,7-11,14,23H,1,5-6,12-13,15-18H2,2-3H3/b24-20+. The van der Waals surface area contributed by atoms with Crippen LogP contribution in [-0.4, -0.2) is 57.9 Å². The largest absolute Gasteiger partial charge is 0.490 e. The maximum Gasteiger partial charge on any atom is 0.320 e. The summed E-state index contributed by atoms with van der Waals surface area (Å²) in [5.74, 6) is 0.865. The highest BCUT2D eigenvalue weighted by Crippen LogP contribution is 2.27. The average molecular weight is 421 g/mol. The molecule has 1 aromatic carbocycles. The van der Waals surface area contributed by atoms with E-state index < -0.39 is 0 Å². The number of urea groups is 1. The minimum Gasteiger partial charge on any atom is -0.490 e. The van der Waals surface area contributed by atoms with Gasteiger partial charge in [-0.15, -0.1) is 0 Å².